The van der Waals surface area contributed by atoms with Crippen LogP contribution in [-0.4, -0.2) is 45.5 Å². The minimum atomic E-state index is 0.0551. The number of carbonyl (C=O) groups is 1. The van der Waals surface area contributed by atoms with Crippen molar-refractivity contribution in [1.82, 2.24) is 19.4 Å². The second kappa shape index (κ2) is 6.86. The molecular weight excluding hydrogens is 328 g/mol. The quantitative estimate of drug-likeness (QED) is 0.783. The number of nitrogens with zero attached hydrogens (tertiary/aromatic N) is 3. The van der Waals surface area contributed by atoms with Gasteiger partial charge >= 0.3 is 0 Å². The molecule has 4 rings (SSSR count). The molecular formula is C20H24N4O2. The van der Waals surface area contributed by atoms with Gasteiger partial charge < -0.3 is 19.2 Å². The number of rotatable bonds is 4. The molecule has 0 radical (unpaired) electrons. The predicted octanol–water partition coefficient (Wildman–Crippen LogP) is 3.41. The van der Waals surface area contributed by atoms with Gasteiger partial charge in [0.25, 0.3) is 5.91 Å². The normalized spacial score (nSPS) is 17.6. The second-order valence-electron chi connectivity index (χ2n) is 6.80. The molecule has 1 aromatic carbocycles. The van der Waals surface area contributed by atoms with E-state index in [9.17, 15) is 4.79 Å². The first kappa shape index (κ1) is 16.7. The Hall–Kier alpha value is -2.76. The summed E-state index contributed by atoms with van der Waals surface area (Å²) >= 11 is 0. The molecule has 6 heteroatoms. The van der Waals surface area contributed by atoms with E-state index in [4.69, 9.17) is 4.74 Å². The van der Waals surface area contributed by atoms with Crippen molar-refractivity contribution in [3.05, 3.63) is 48.2 Å². The zero-order chi connectivity index (χ0) is 18.1. The van der Waals surface area contributed by atoms with Crippen LogP contribution < -0.4 is 4.74 Å². The minimum absolute atomic E-state index is 0.0551. The minimum Gasteiger partial charge on any atom is -0.497 e. The van der Waals surface area contributed by atoms with Crippen LogP contribution >= 0.6 is 0 Å². The molecule has 1 aliphatic rings. The number of piperidine rings is 1. The molecule has 1 unspecified atom stereocenters. The molecule has 26 heavy (non-hydrogen) atoms. The highest BCUT2D eigenvalue weighted by atomic mass is 16.5. The number of methoxy groups -OCH3 is 1. The van der Waals surface area contributed by atoms with Crippen LogP contribution in [0.1, 0.15) is 42.0 Å². The summed E-state index contributed by atoms with van der Waals surface area (Å²) in [5.74, 6) is 2.23. The Morgan fingerprint density at radius 3 is 3.08 bits per heavy atom. The Labute approximate surface area is 152 Å². The zero-order valence-corrected chi connectivity index (χ0v) is 15.2. The Bertz CT molecular complexity index is 927. The summed E-state index contributed by atoms with van der Waals surface area (Å²) in [4.78, 5) is 22.8. The van der Waals surface area contributed by atoms with Crippen molar-refractivity contribution >= 4 is 16.8 Å². The SMILES string of the molecule is CCn1ccnc1C1CCCN(C(=O)c2cc3cc(OC)ccc3[nH]2)C1. The third-order valence-electron chi connectivity index (χ3n) is 5.22. The number of nitrogens with one attached hydrogen (secondary N) is 1. The number of aromatic nitrogens is 3. The highest BCUT2D eigenvalue weighted by Gasteiger charge is 2.28. The highest BCUT2D eigenvalue weighted by Crippen LogP contribution is 2.28. The van der Waals surface area contributed by atoms with Gasteiger partial charge in [0.15, 0.2) is 0 Å². The van der Waals surface area contributed by atoms with E-state index in [-0.39, 0.29) is 5.91 Å². The van der Waals surface area contributed by atoms with Gasteiger partial charge in [0.1, 0.15) is 17.3 Å². The van der Waals surface area contributed by atoms with Gasteiger partial charge in [-0.25, -0.2) is 4.98 Å². The van der Waals surface area contributed by atoms with E-state index < -0.39 is 0 Å². The van der Waals surface area contributed by atoms with Crippen LogP contribution in [-0.2, 0) is 6.54 Å². The third-order valence-corrected chi connectivity index (χ3v) is 5.22. The lowest BCUT2D eigenvalue weighted by molar-refractivity contribution is 0.0698. The maximum absolute atomic E-state index is 13.0. The lowest BCUT2D eigenvalue weighted by atomic mass is 9.97. The maximum atomic E-state index is 13.0. The molecule has 6 nitrogen and oxygen atoms in total. The van der Waals surface area contributed by atoms with E-state index in [1.165, 1.54) is 0 Å². The molecule has 1 saturated heterocycles. The Balaban J connectivity index is 1.56. The van der Waals surface area contributed by atoms with Gasteiger partial charge in [-0.3, -0.25) is 4.79 Å². The number of hydrogen-bond donors (Lipinski definition) is 1. The number of hydrogen-bond acceptors (Lipinski definition) is 3. The van der Waals surface area contributed by atoms with Crippen molar-refractivity contribution in [3.8, 4) is 5.75 Å². The van der Waals surface area contributed by atoms with Crippen LogP contribution in [0.5, 0.6) is 5.75 Å². The van der Waals surface area contributed by atoms with E-state index in [1.807, 2.05) is 41.6 Å². The molecule has 1 fully saturated rings. The first-order valence-electron chi connectivity index (χ1n) is 9.16. The van der Waals surface area contributed by atoms with E-state index in [1.54, 1.807) is 7.11 Å². The van der Waals surface area contributed by atoms with Crippen LogP contribution in [0.4, 0.5) is 0 Å². The molecule has 3 aromatic rings. The van der Waals surface area contributed by atoms with Crippen molar-refractivity contribution in [2.75, 3.05) is 20.2 Å². The van der Waals surface area contributed by atoms with E-state index >= 15 is 0 Å². The van der Waals surface area contributed by atoms with E-state index in [0.717, 1.165) is 48.4 Å². The Morgan fingerprint density at radius 2 is 2.27 bits per heavy atom. The predicted molar refractivity (Wildman–Crippen MR) is 101 cm³/mol. The number of H-pyrrole nitrogens is 1. The third kappa shape index (κ3) is 2.96. The molecule has 0 saturated carbocycles. The summed E-state index contributed by atoms with van der Waals surface area (Å²) < 4.78 is 7.44. The van der Waals surface area contributed by atoms with Crippen molar-refractivity contribution in [2.45, 2.75) is 32.2 Å². The van der Waals surface area contributed by atoms with Crippen molar-refractivity contribution in [1.29, 1.82) is 0 Å². The highest BCUT2D eigenvalue weighted by molar-refractivity contribution is 5.98. The van der Waals surface area contributed by atoms with Gasteiger partial charge in [0, 0.05) is 48.8 Å². The molecule has 1 amide bonds. The number of likely N-dealkylation sites (tertiary alicyclic amines) is 1. The summed E-state index contributed by atoms with van der Waals surface area (Å²) in [6.45, 7) is 4.54. The van der Waals surface area contributed by atoms with E-state index in [2.05, 4.69) is 21.5 Å². The molecule has 2 aromatic heterocycles. The fourth-order valence-electron chi connectivity index (χ4n) is 3.84. The molecule has 0 aliphatic carbocycles. The average Bonchev–Trinajstić information content (AvgIpc) is 3.33. The van der Waals surface area contributed by atoms with Gasteiger partial charge in [-0.15, -0.1) is 0 Å². The number of amides is 1. The summed E-state index contributed by atoms with van der Waals surface area (Å²) in [6, 6.07) is 7.70. The fourth-order valence-corrected chi connectivity index (χ4v) is 3.84. The van der Waals surface area contributed by atoms with Crippen LogP contribution in [0.15, 0.2) is 36.7 Å². The molecule has 136 valence electrons. The average molecular weight is 352 g/mol. The number of fused-ring (bicyclic) bond motifs is 1. The van der Waals surface area contributed by atoms with Crippen LogP contribution in [0, 0.1) is 0 Å². The first-order valence-corrected chi connectivity index (χ1v) is 9.16. The van der Waals surface area contributed by atoms with E-state index in [0.29, 0.717) is 18.2 Å². The van der Waals surface area contributed by atoms with Crippen molar-refractivity contribution < 1.29 is 9.53 Å². The summed E-state index contributed by atoms with van der Waals surface area (Å²) in [6.07, 6.45) is 5.94. The molecule has 0 spiro atoms. The van der Waals surface area contributed by atoms with Gasteiger partial charge in [0.05, 0.1) is 7.11 Å². The van der Waals surface area contributed by atoms with Gasteiger partial charge in [0.2, 0.25) is 0 Å². The van der Waals surface area contributed by atoms with Crippen LogP contribution in [0.3, 0.4) is 0 Å². The van der Waals surface area contributed by atoms with Crippen molar-refractivity contribution in [2.24, 2.45) is 0 Å². The summed E-state index contributed by atoms with van der Waals surface area (Å²) in [5, 5.41) is 0.989. The number of benzene rings is 1. The zero-order valence-electron chi connectivity index (χ0n) is 15.2. The molecule has 3 heterocycles. The molecule has 1 atom stereocenters. The summed E-state index contributed by atoms with van der Waals surface area (Å²) in [5.41, 5.74) is 1.58. The Kier molecular flexibility index (Phi) is 4.41. The van der Waals surface area contributed by atoms with Crippen molar-refractivity contribution in [3.63, 3.8) is 0 Å². The van der Waals surface area contributed by atoms with Gasteiger partial charge in [-0.1, -0.05) is 0 Å². The molecule has 0 bridgehead atoms. The summed E-state index contributed by atoms with van der Waals surface area (Å²) in [7, 11) is 1.65. The first-order chi connectivity index (χ1) is 12.7. The largest absolute Gasteiger partial charge is 0.497 e. The van der Waals surface area contributed by atoms with Crippen LogP contribution in [0.25, 0.3) is 10.9 Å². The number of imidazole rings is 1. The molecule has 1 aliphatic heterocycles. The van der Waals surface area contributed by atoms with Gasteiger partial charge in [-0.05, 0) is 44.0 Å². The lowest BCUT2D eigenvalue weighted by Crippen LogP contribution is -2.39. The van der Waals surface area contributed by atoms with Crippen LogP contribution in [0.2, 0.25) is 0 Å². The number of ether oxygens (including phenoxy) is 1. The Morgan fingerprint density at radius 1 is 1.38 bits per heavy atom. The standard InChI is InChI=1S/C20H24N4O2/c1-3-23-10-8-21-19(23)14-5-4-9-24(13-14)20(25)18-12-15-11-16(26-2)6-7-17(15)22-18/h6-8,10-12,14,22H,3-5,9,13H2,1-2H3. The monoisotopic (exact) mass is 352 g/mol. The smallest absolute Gasteiger partial charge is 0.270 e. The topological polar surface area (TPSA) is 63.1 Å². The number of carbonyl (C=O) groups excluding carboxylic acids is 1. The fraction of sp³-hybridized carbons (Fsp3) is 0.400. The maximum Gasteiger partial charge on any atom is 0.270 e. The molecule has 1 N–H and O–H groups in total. The van der Waals surface area contributed by atoms with Gasteiger partial charge in [-0.2, -0.15) is 0 Å². The number of aryl methyl sites for hydroxylation is 1. The lowest BCUT2D eigenvalue weighted by Gasteiger charge is -2.32. The number of aromatic amines is 1. The second-order valence-corrected chi connectivity index (χ2v) is 6.80.